The lowest BCUT2D eigenvalue weighted by atomic mass is 9.95. The first-order chi connectivity index (χ1) is 13.1. The van der Waals surface area contributed by atoms with E-state index in [-0.39, 0.29) is 29.7 Å². The number of benzene rings is 2. The van der Waals surface area contributed by atoms with E-state index in [0.29, 0.717) is 11.9 Å². The van der Waals surface area contributed by atoms with Crippen LogP contribution in [0.3, 0.4) is 0 Å². The van der Waals surface area contributed by atoms with Gasteiger partial charge < -0.3 is 9.47 Å². The van der Waals surface area contributed by atoms with Crippen molar-refractivity contribution in [2.45, 2.75) is 31.8 Å². The molecular formula is C22H21FN2O2. The van der Waals surface area contributed by atoms with Crippen molar-refractivity contribution in [1.82, 2.24) is 9.47 Å². The third-order valence-electron chi connectivity index (χ3n) is 5.25. The molecule has 5 heteroatoms. The molecule has 4 nitrogen and oxygen atoms in total. The van der Waals surface area contributed by atoms with E-state index >= 15 is 0 Å². The van der Waals surface area contributed by atoms with Crippen molar-refractivity contribution in [2.75, 3.05) is 6.54 Å². The maximum absolute atomic E-state index is 13.7. The number of aromatic nitrogens is 1. The number of fused-ring (bicyclic) bond motifs is 1. The smallest absolute Gasteiger partial charge is 0.243 e. The number of halogens is 1. The van der Waals surface area contributed by atoms with Crippen LogP contribution >= 0.6 is 0 Å². The minimum Gasteiger partial charge on any atom is -0.338 e. The van der Waals surface area contributed by atoms with Gasteiger partial charge in [-0.25, -0.2) is 4.39 Å². The SMILES string of the molecule is O=C(Cn1ccc(=O)c2ccccc21)N1CCCC[C@@H]1c1cccc(F)c1. The van der Waals surface area contributed by atoms with Crippen LogP contribution in [-0.2, 0) is 11.3 Å². The molecule has 27 heavy (non-hydrogen) atoms. The molecule has 1 aromatic heterocycles. The van der Waals surface area contributed by atoms with Gasteiger partial charge in [0.25, 0.3) is 0 Å². The van der Waals surface area contributed by atoms with Gasteiger partial charge in [0.2, 0.25) is 5.91 Å². The maximum Gasteiger partial charge on any atom is 0.243 e. The van der Waals surface area contributed by atoms with Crippen molar-refractivity contribution in [3.63, 3.8) is 0 Å². The molecule has 0 N–H and O–H groups in total. The van der Waals surface area contributed by atoms with Crippen molar-refractivity contribution in [2.24, 2.45) is 0 Å². The molecule has 3 aromatic rings. The molecule has 0 radical (unpaired) electrons. The molecule has 1 aliphatic heterocycles. The standard InChI is InChI=1S/C22H21FN2O2/c23-17-7-5-6-16(14-17)19-9-3-4-12-25(19)22(27)15-24-13-11-21(26)18-8-1-2-10-20(18)24/h1-2,5-8,10-11,13-14,19H,3-4,9,12,15H2/t19-/m1/s1. The minimum absolute atomic E-state index is 0.0160. The first-order valence-electron chi connectivity index (χ1n) is 9.26. The molecular weight excluding hydrogens is 343 g/mol. The van der Waals surface area contributed by atoms with E-state index < -0.39 is 0 Å². The number of hydrogen-bond donors (Lipinski definition) is 0. The van der Waals surface area contributed by atoms with Gasteiger partial charge in [-0.2, -0.15) is 0 Å². The fraction of sp³-hybridized carbons (Fsp3) is 0.273. The van der Waals surface area contributed by atoms with Crippen molar-refractivity contribution >= 4 is 16.8 Å². The summed E-state index contributed by atoms with van der Waals surface area (Å²) in [5.74, 6) is -0.297. The lowest BCUT2D eigenvalue weighted by Gasteiger charge is -2.36. The molecule has 1 aliphatic rings. The first-order valence-corrected chi connectivity index (χ1v) is 9.26. The van der Waals surface area contributed by atoms with Crippen LogP contribution in [0, 0.1) is 5.82 Å². The fourth-order valence-electron chi connectivity index (χ4n) is 3.93. The number of hydrogen-bond acceptors (Lipinski definition) is 2. The number of piperidine rings is 1. The second kappa shape index (κ2) is 7.35. The number of carbonyl (C=O) groups is 1. The Hall–Kier alpha value is -2.95. The van der Waals surface area contributed by atoms with Gasteiger partial charge in [-0.05, 0) is 49.1 Å². The predicted octanol–water partition coefficient (Wildman–Crippen LogP) is 3.89. The number of likely N-dealkylation sites (tertiary alicyclic amines) is 1. The summed E-state index contributed by atoms with van der Waals surface area (Å²) in [5, 5.41) is 0.605. The Labute approximate surface area is 156 Å². The summed E-state index contributed by atoms with van der Waals surface area (Å²) in [6.07, 6.45) is 4.47. The first kappa shape index (κ1) is 17.5. The van der Waals surface area contributed by atoms with Crippen molar-refractivity contribution in [3.05, 3.63) is 82.4 Å². The molecule has 1 saturated heterocycles. The number of nitrogens with zero attached hydrogens (tertiary/aromatic N) is 2. The fourth-order valence-corrected chi connectivity index (χ4v) is 3.93. The third-order valence-corrected chi connectivity index (χ3v) is 5.25. The summed E-state index contributed by atoms with van der Waals surface area (Å²) in [6, 6.07) is 15.2. The highest BCUT2D eigenvalue weighted by atomic mass is 19.1. The zero-order chi connectivity index (χ0) is 18.8. The van der Waals surface area contributed by atoms with Gasteiger partial charge in [-0.15, -0.1) is 0 Å². The van der Waals surface area contributed by atoms with Crippen molar-refractivity contribution in [3.8, 4) is 0 Å². The Morgan fingerprint density at radius 1 is 1.07 bits per heavy atom. The van der Waals surface area contributed by atoms with E-state index in [9.17, 15) is 14.0 Å². The van der Waals surface area contributed by atoms with Gasteiger partial charge in [-0.1, -0.05) is 24.3 Å². The third kappa shape index (κ3) is 3.50. The average Bonchev–Trinajstić information content (AvgIpc) is 2.70. The molecule has 0 unspecified atom stereocenters. The van der Waals surface area contributed by atoms with Crippen LogP contribution in [0.1, 0.15) is 30.9 Å². The van der Waals surface area contributed by atoms with Crippen molar-refractivity contribution < 1.29 is 9.18 Å². The van der Waals surface area contributed by atoms with Crippen LogP contribution in [0.5, 0.6) is 0 Å². The number of carbonyl (C=O) groups excluding carboxylic acids is 1. The van der Waals surface area contributed by atoms with Crippen LogP contribution in [0.15, 0.2) is 65.6 Å². The molecule has 0 spiro atoms. The predicted molar refractivity (Wildman–Crippen MR) is 103 cm³/mol. The highest BCUT2D eigenvalue weighted by Crippen LogP contribution is 2.31. The molecule has 138 valence electrons. The lowest BCUT2D eigenvalue weighted by molar-refractivity contribution is -0.135. The van der Waals surface area contributed by atoms with Crippen LogP contribution in [0.4, 0.5) is 4.39 Å². The molecule has 4 rings (SSSR count). The van der Waals surface area contributed by atoms with E-state index in [1.54, 1.807) is 18.3 Å². The van der Waals surface area contributed by atoms with Gasteiger partial charge >= 0.3 is 0 Å². The molecule has 0 saturated carbocycles. The minimum atomic E-state index is -0.281. The molecule has 0 bridgehead atoms. The van der Waals surface area contributed by atoms with E-state index in [4.69, 9.17) is 0 Å². The Kier molecular flexibility index (Phi) is 4.75. The zero-order valence-corrected chi connectivity index (χ0v) is 15.0. The van der Waals surface area contributed by atoms with Crippen LogP contribution in [0.2, 0.25) is 0 Å². The lowest BCUT2D eigenvalue weighted by Crippen LogP contribution is -2.40. The Morgan fingerprint density at radius 3 is 2.78 bits per heavy atom. The summed E-state index contributed by atoms with van der Waals surface area (Å²) in [7, 11) is 0. The Morgan fingerprint density at radius 2 is 1.93 bits per heavy atom. The summed E-state index contributed by atoms with van der Waals surface area (Å²) >= 11 is 0. The highest BCUT2D eigenvalue weighted by Gasteiger charge is 2.28. The Balaban J connectivity index is 1.64. The van der Waals surface area contributed by atoms with Crippen LogP contribution in [0.25, 0.3) is 10.9 Å². The molecule has 2 heterocycles. The molecule has 1 atom stereocenters. The van der Waals surface area contributed by atoms with Crippen LogP contribution in [-0.4, -0.2) is 21.9 Å². The largest absolute Gasteiger partial charge is 0.338 e. The van der Waals surface area contributed by atoms with Gasteiger partial charge in [0, 0.05) is 24.2 Å². The van der Waals surface area contributed by atoms with Gasteiger partial charge in [0.15, 0.2) is 5.43 Å². The van der Waals surface area contributed by atoms with Crippen molar-refractivity contribution in [1.29, 1.82) is 0 Å². The monoisotopic (exact) mass is 364 g/mol. The molecule has 1 fully saturated rings. The molecule has 0 aliphatic carbocycles. The van der Waals surface area contributed by atoms with Crippen LogP contribution < -0.4 is 5.43 Å². The second-order valence-electron chi connectivity index (χ2n) is 6.98. The summed E-state index contributed by atoms with van der Waals surface area (Å²) < 4.78 is 15.5. The summed E-state index contributed by atoms with van der Waals surface area (Å²) in [6.45, 7) is 0.824. The summed E-state index contributed by atoms with van der Waals surface area (Å²) in [5.41, 5.74) is 1.54. The number of pyridine rings is 1. The normalized spacial score (nSPS) is 17.2. The highest BCUT2D eigenvalue weighted by molar-refractivity contribution is 5.82. The maximum atomic E-state index is 13.7. The van der Waals surface area contributed by atoms with Gasteiger partial charge in [0.05, 0.1) is 11.6 Å². The number of amides is 1. The zero-order valence-electron chi connectivity index (χ0n) is 15.0. The van der Waals surface area contributed by atoms with E-state index in [1.807, 2.05) is 33.7 Å². The topological polar surface area (TPSA) is 42.3 Å². The van der Waals surface area contributed by atoms with E-state index in [2.05, 4.69) is 0 Å². The molecule has 1 amide bonds. The second-order valence-corrected chi connectivity index (χ2v) is 6.98. The van der Waals surface area contributed by atoms with Gasteiger partial charge in [0.1, 0.15) is 12.4 Å². The van der Waals surface area contributed by atoms with E-state index in [1.165, 1.54) is 18.2 Å². The Bertz CT molecular complexity index is 1040. The average molecular weight is 364 g/mol. The summed E-state index contributed by atoms with van der Waals surface area (Å²) in [4.78, 5) is 27.0. The number of para-hydroxylation sites is 1. The number of rotatable bonds is 3. The van der Waals surface area contributed by atoms with Gasteiger partial charge in [-0.3, -0.25) is 9.59 Å². The van der Waals surface area contributed by atoms with E-state index in [0.717, 1.165) is 30.3 Å². The molecule has 2 aromatic carbocycles. The quantitative estimate of drug-likeness (QED) is 0.707.